The van der Waals surface area contributed by atoms with E-state index < -0.39 is 7.74 Å². The van der Waals surface area contributed by atoms with E-state index in [2.05, 4.69) is 13.6 Å². The molecule has 2 N–H and O–H groups in total. The van der Waals surface area contributed by atoms with Crippen LogP contribution >= 0.6 is 7.74 Å². The number of hydrogen-bond acceptors (Lipinski definition) is 5. The Labute approximate surface area is 97.8 Å². The van der Waals surface area contributed by atoms with Crippen LogP contribution in [-0.4, -0.2) is 20.3 Å². The molecule has 9 heavy (non-hydrogen) atoms. The molecule has 1 aliphatic rings. The van der Waals surface area contributed by atoms with Gasteiger partial charge in [-0.3, -0.25) is 0 Å². The van der Waals surface area contributed by atoms with Crippen molar-refractivity contribution >= 4 is 18.2 Å². The smallest absolute Gasteiger partial charge is 1.00 e. The predicted molar refractivity (Wildman–Crippen MR) is 25.7 cm³/mol. The summed E-state index contributed by atoms with van der Waals surface area (Å²) >= 11 is 0. The van der Waals surface area contributed by atoms with Crippen molar-refractivity contribution in [1.82, 2.24) is 0 Å². The molecule has 9 heteroatoms. The second-order valence-corrected chi connectivity index (χ2v) is 4.50. The molecule has 0 unspecified atom stereocenters. The predicted octanol–water partition coefficient (Wildman–Crippen LogP) is -4.53. The van der Waals surface area contributed by atoms with E-state index in [1.165, 1.54) is 0 Å². The monoisotopic (exact) mass is 258 g/mol. The maximum absolute atomic E-state index is 8.46. The van der Waals surface area contributed by atoms with Gasteiger partial charge in [0.15, 0.2) is 0 Å². The molecule has 1 heterocycles. The van der Waals surface area contributed by atoms with Crippen LogP contribution < -0.4 is 29.6 Å². The summed E-state index contributed by atoms with van der Waals surface area (Å²) in [6.45, 7) is 0. The molecule has 0 atom stereocenters. The summed E-state index contributed by atoms with van der Waals surface area (Å²) in [5.74, 6) is 0. The quantitative estimate of drug-likeness (QED) is 0.215. The Kier molecular flexibility index (Phi) is 5.90. The molecule has 0 spiro atoms. The maximum atomic E-state index is 8.46. The van der Waals surface area contributed by atoms with Crippen molar-refractivity contribution in [1.29, 1.82) is 0 Å². The summed E-state index contributed by atoms with van der Waals surface area (Å²) in [4.78, 5) is 16.9. The minimum Gasteiger partial charge on any atom is -1.00 e. The zero-order valence-corrected chi connectivity index (χ0v) is 12.4. The summed E-state index contributed by atoms with van der Waals surface area (Å²) < 4.78 is 11.7. The maximum Gasteiger partial charge on any atom is 1.00 e. The molecule has 5 nitrogen and oxygen atoms in total. The van der Waals surface area contributed by atoms with Gasteiger partial charge < -0.3 is 1.43 Å². The van der Waals surface area contributed by atoms with Gasteiger partial charge in [0.2, 0.25) is 0 Å². The third kappa shape index (κ3) is 4.03. The van der Waals surface area contributed by atoms with E-state index in [0.29, 0.717) is 0 Å². The van der Waals surface area contributed by atoms with Crippen LogP contribution in [0, 0.1) is 0 Å². The van der Waals surface area contributed by atoms with Gasteiger partial charge in [0.05, 0.1) is 0 Å². The normalized spacial score (nSPS) is 30.2. The summed E-state index contributed by atoms with van der Waals surface area (Å²) in [6, 6.07) is 0. The molecular weight excluding hydrogens is 253 g/mol. The van der Waals surface area contributed by atoms with E-state index in [0.717, 1.165) is 0 Å². The topological polar surface area (TPSA) is 74.8 Å². The fraction of sp³-hybridized carbons (Fsp3) is 0. The summed E-state index contributed by atoms with van der Waals surface area (Å²) in [5.41, 5.74) is 0. The summed E-state index contributed by atoms with van der Waals surface area (Å²) in [5, 5.41) is 0. The molecule has 0 aromatic rings. The minimum atomic E-state index is -4.26. The van der Waals surface area contributed by atoms with E-state index >= 15 is 0 Å². The van der Waals surface area contributed by atoms with Crippen LogP contribution in [0.3, 0.4) is 0 Å². The van der Waals surface area contributed by atoms with Gasteiger partial charge in [-0.25, -0.2) is 0 Å². The minimum absolute atomic E-state index is 0. The number of rotatable bonds is 1. The van der Waals surface area contributed by atoms with Crippen molar-refractivity contribution < 1.29 is 80.5 Å². The Balaban J connectivity index is -0.000000163. The Hall–Kier alpha value is 2.33. The van der Waals surface area contributed by atoms with Gasteiger partial charge in [-0.1, -0.05) is 0 Å². The first kappa shape index (κ1) is 13.9. The fourth-order valence-electron chi connectivity index (χ4n) is 0.104. The molecular formula is H6NaO5PSiZr. The van der Waals surface area contributed by atoms with Gasteiger partial charge >= 0.3 is 71.1 Å². The van der Waals surface area contributed by atoms with Crippen molar-refractivity contribution in [3.63, 3.8) is 0 Å². The average Bonchev–Trinajstić information content (AvgIpc) is 2.20. The number of hydrogen-bond donors (Lipinski definition) is 2. The van der Waals surface area contributed by atoms with Crippen molar-refractivity contribution in [2.24, 2.45) is 0 Å². The fourth-order valence-corrected chi connectivity index (χ4v) is 0.939. The first-order valence-corrected chi connectivity index (χ1v) is 4.23. The van der Waals surface area contributed by atoms with Crippen LogP contribution in [0.15, 0.2) is 0 Å². The molecule has 0 radical (unpaired) electrons. The molecule has 0 aliphatic carbocycles. The van der Waals surface area contributed by atoms with Gasteiger partial charge in [0.1, 0.15) is 0 Å². The molecule has 1 aliphatic heterocycles. The molecule has 1 rings (SSSR count). The molecule has 0 amide bonds. The van der Waals surface area contributed by atoms with E-state index in [4.69, 9.17) is 9.79 Å². The van der Waals surface area contributed by atoms with Crippen LogP contribution in [0.5, 0.6) is 0 Å². The Morgan fingerprint density at radius 1 is 1.44 bits per heavy atom. The van der Waals surface area contributed by atoms with Crippen LogP contribution in [0.4, 0.5) is 0 Å². The van der Waals surface area contributed by atoms with Gasteiger partial charge in [-0.15, -0.1) is 0 Å². The van der Waals surface area contributed by atoms with Crippen LogP contribution in [0.25, 0.3) is 0 Å². The first-order valence-electron chi connectivity index (χ1n) is 1.52. The van der Waals surface area contributed by atoms with Gasteiger partial charge in [0, 0.05) is 26.2 Å². The molecule has 1 saturated heterocycles. The summed E-state index contributed by atoms with van der Waals surface area (Å²) in [7, 11) is -4.07. The SMILES string of the molecule is OP1(O)(O[SiH3])OO1.[H-].[Na+].[Zr]. The van der Waals surface area contributed by atoms with Crippen molar-refractivity contribution in [3.8, 4) is 0 Å². The van der Waals surface area contributed by atoms with E-state index in [1.54, 1.807) is 0 Å². The molecule has 0 saturated carbocycles. The Bertz CT molecular complexity index is 104. The third-order valence-corrected chi connectivity index (χ3v) is 3.62. The molecule has 1 fully saturated rings. The zero-order valence-electron chi connectivity index (χ0n) is 6.07. The molecule has 0 aromatic carbocycles. The van der Waals surface area contributed by atoms with Crippen LogP contribution in [0.1, 0.15) is 1.43 Å². The van der Waals surface area contributed by atoms with Crippen molar-refractivity contribution in [3.05, 3.63) is 0 Å². The van der Waals surface area contributed by atoms with Gasteiger partial charge in [0.25, 0.3) is 0 Å². The zero-order chi connectivity index (χ0) is 5.57. The third-order valence-electron chi connectivity index (χ3n) is 0.581. The Morgan fingerprint density at radius 3 is 1.78 bits per heavy atom. The summed E-state index contributed by atoms with van der Waals surface area (Å²) in [6.07, 6.45) is 0. The van der Waals surface area contributed by atoms with Crippen LogP contribution in [-0.2, 0) is 39.8 Å². The second kappa shape index (κ2) is 3.83. The van der Waals surface area contributed by atoms with Crippen LogP contribution in [0.2, 0.25) is 0 Å². The van der Waals surface area contributed by atoms with E-state index in [-0.39, 0.29) is 67.7 Å². The van der Waals surface area contributed by atoms with Crippen molar-refractivity contribution in [2.75, 3.05) is 0 Å². The average molecular weight is 259 g/mol. The molecule has 0 aromatic heterocycles. The van der Waals surface area contributed by atoms with E-state index in [9.17, 15) is 0 Å². The van der Waals surface area contributed by atoms with Gasteiger partial charge in [-0.2, -0.15) is 0 Å². The van der Waals surface area contributed by atoms with Crippen molar-refractivity contribution in [2.45, 2.75) is 0 Å². The standard InChI is InChI=1S/Na.H5O5PSi.Zr.H/c;1-6(2,5-7)3-4-6;;/h;1-2H,7H3;;/q+1;;;-1. The second-order valence-electron chi connectivity index (χ2n) is 1.13. The van der Waals surface area contributed by atoms with E-state index in [1.807, 2.05) is 0 Å². The largest absolute Gasteiger partial charge is 1.00 e. The molecule has 50 valence electrons. The first-order chi connectivity index (χ1) is 3.05. The Morgan fingerprint density at radius 2 is 1.78 bits per heavy atom. The van der Waals surface area contributed by atoms with Gasteiger partial charge in [-0.05, 0) is 0 Å². The molecule has 0 bridgehead atoms.